The van der Waals surface area contributed by atoms with Gasteiger partial charge in [-0.1, -0.05) is 51.8 Å². The van der Waals surface area contributed by atoms with Gasteiger partial charge in [0.05, 0.1) is 16.3 Å². The third-order valence-electron chi connectivity index (χ3n) is 2.95. The molecule has 112 valence electrons. The van der Waals surface area contributed by atoms with Gasteiger partial charge in [-0.05, 0) is 29.8 Å². The fraction of sp³-hybridized carbons (Fsp3) is 0.125. The van der Waals surface area contributed by atoms with Crippen LogP contribution in [0.2, 0.25) is 5.02 Å². The standard InChI is InChI=1S/C16H12BrClN2OS/c17-12-5-3-4-11(8-12)9-22-10-15-19-20-16(21-15)13-6-1-2-7-14(13)18/h1-8H,9-10H2. The fourth-order valence-electron chi connectivity index (χ4n) is 1.94. The Hall–Kier alpha value is -1.30. The molecule has 1 aromatic heterocycles. The van der Waals surface area contributed by atoms with Crippen molar-refractivity contribution in [3.63, 3.8) is 0 Å². The first-order valence-electron chi connectivity index (χ1n) is 6.62. The minimum atomic E-state index is 0.462. The molecule has 0 spiro atoms. The van der Waals surface area contributed by atoms with Crippen LogP contribution in [0.1, 0.15) is 11.5 Å². The minimum Gasteiger partial charge on any atom is -0.420 e. The summed E-state index contributed by atoms with van der Waals surface area (Å²) in [6.07, 6.45) is 0. The van der Waals surface area contributed by atoms with E-state index in [0.29, 0.717) is 22.6 Å². The van der Waals surface area contributed by atoms with Crippen molar-refractivity contribution >= 4 is 39.3 Å². The quantitative estimate of drug-likeness (QED) is 0.565. The molecule has 0 N–H and O–H groups in total. The lowest BCUT2D eigenvalue weighted by Crippen LogP contribution is -1.84. The molecular weight excluding hydrogens is 384 g/mol. The molecule has 0 aliphatic rings. The Balaban J connectivity index is 1.62. The van der Waals surface area contributed by atoms with Crippen molar-refractivity contribution in [2.45, 2.75) is 11.5 Å². The van der Waals surface area contributed by atoms with Crippen LogP contribution in [-0.4, -0.2) is 10.2 Å². The third-order valence-corrected chi connectivity index (χ3v) is 4.77. The number of benzene rings is 2. The Labute approximate surface area is 146 Å². The van der Waals surface area contributed by atoms with Gasteiger partial charge in [-0.2, -0.15) is 0 Å². The summed E-state index contributed by atoms with van der Waals surface area (Å²) in [5.74, 6) is 2.63. The summed E-state index contributed by atoms with van der Waals surface area (Å²) in [4.78, 5) is 0. The van der Waals surface area contributed by atoms with E-state index >= 15 is 0 Å². The normalized spacial score (nSPS) is 10.8. The van der Waals surface area contributed by atoms with E-state index in [1.165, 1.54) is 5.56 Å². The molecule has 0 amide bonds. The number of nitrogens with zero attached hydrogens (tertiary/aromatic N) is 2. The highest BCUT2D eigenvalue weighted by molar-refractivity contribution is 9.10. The van der Waals surface area contributed by atoms with Crippen LogP contribution >= 0.6 is 39.3 Å². The van der Waals surface area contributed by atoms with Crippen LogP contribution in [0.5, 0.6) is 0 Å². The Morgan fingerprint density at radius 3 is 2.73 bits per heavy atom. The molecule has 2 aromatic carbocycles. The van der Waals surface area contributed by atoms with Crippen LogP contribution in [0.4, 0.5) is 0 Å². The maximum Gasteiger partial charge on any atom is 0.249 e. The molecule has 0 atom stereocenters. The van der Waals surface area contributed by atoms with E-state index in [1.54, 1.807) is 11.8 Å². The molecule has 0 saturated carbocycles. The van der Waals surface area contributed by atoms with Gasteiger partial charge in [0.15, 0.2) is 0 Å². The molecule has 0 bridgehead atoms. The monoisotopic (exact) mass is 394 g/mol. The van der Waals surface area contributed by atoms with Gasteiger partial charge in [-0.15, -0.1) is 22.0 Å². The first kappa shape index (κ1) is 15.6. The summed E-state index contributed by atoms with van der Waals surface area (Å²) in [6.45, 7) is 0. The average molecular weight is 396 g/mol. The molecule has 6 heteroatoms. The van der Waals surface area contributed by atoms with Crippen LogP contribution in [0.15, 0.2) is 57.4 Å². The molecule has 0 radical (unpaired) electrons. The molecule has 0 saturated heterocycles. The number of hydrogen-bond donors (Lipinski definition) is 0. The first-order valence-corrected chi connectivity index (χ1v) is 8.94. The van der Waals surface area contributed by atoms with Gasteiger partial charge in [0.25, 0.3) is 0 Å². The summed E-state index contributed by atoms with van der Waals surface area (Å²) in [5.41, 5.74) is 2.02. The second-order valence-electron chi connectivity index (χ2n) is 4.60. The topological polar surface area (TPSA) is 38.9 Å². The lowest BCUT2D eigenvalue weighted by molar-refractivity contribution is 0.528. The van der Waals surface area contributed by atoms with Crippen molar-refractivity contribution in [1.29, 1.82) is 0 Å². The summed E-state index contributed by atoms with van der Waals surface area (Å²) in [7, 11) is 0. The van der Waals surface area contributed by atoms with Gasteiger partial charge in [0.2, 0.25) is 11.8 Å². The predicted octanol–water partition coefficient (Wildman–Crippen LogP) is 5.59. The van der Waals surface area contributed by atoms with Crippen molar-refractivity contribution in [3.8, 4) is 11.5 Å². The highest BCUT2D eigenvalue weighted by atomic mass is 79.9. The lowest BCUT2D eigenvalue weighted by Gasteiger charge is -2.00. The highest BCUT2D eigenvalue weighted by Crippen LogP contribution is 2.27. The molecule has 0 unspecified atom stereocenters. The zero-order chi connectivity index (χ0) is 15.4. The molecule has 0 aliphatic carbocycles. The zero-order valence-electron chi connectivity index (χ0n) is 11.5. The minimum absolute atomic E-state index is 0.462. The van der Waals surface area contributed by atoms with Gasteiger partial charge in [0, 0.05) is 10.2 Å². The zero-order valence-corrected chi connectivity index (χ0v) is 14.7. The number of rotatable bonds is 5. The summed E-state index contributed by atoms with van der Waals surface area (Å²) in [5, 5.41) is 8.75. The van der Waals surface area contributed by atoms with Crippen molar-refractivity contribution in [3.05, 3.63) is 69.5 Å². The number of thioether (sulfide) groups is 1. The van der Waals surface area contributed by atoms with Crippen LogP contribution in [-0.2, 0) is 11.5 Å². The SMILES string of the molecule is Clc1ccccc1-c1nnc(CSCc2cccc(Br)c2)o1. The summed E-state index contributed by atoms with van der Waals surface area (Å²) in [6, 6.07) is 15.7. The molecule has 3 rings (SSSR count). The fourth-order valence-corrected chi connectivity index (χ4v) is 3.41. The second kappa shape index (κ2) is 7.31. The lowest BCUT2D eigenvalue weighted by atomic mass is 10.2. The van der Waals surface area contributed by atoms with Gasteiger partial charge < -0.3 is 4.42 Å². The molecule has 3 aromatic rings. The van der Waals surface area contributed by atoms with Crippen molar-refractivity contribution in [2.24, 2.45) is 0 Å². The van der Waals surface area contributed by atoms with Crippen molar-refractivity contribution in [2.75, 3.05) is 0 Å². The Bertz CT molecular complexity index is 778. The van der Waals surface area contributed by atoms with Crippen LogP contribution < -0.4 is 0 Å². The maximum absolute atomic E-state index is 6.13. The number of halogens is 2. The number of hydrogen-bond acceptors (Lipinski definition) is 4. The third kappa shape index (κ3) is 3.91. The van der Waals surface area contributed by atoms with Crippen molar-refractivity contribution < 1.29 is 4.42 Å². The van der Waals surface area contributed by atoms with E-state index in [4.69, 9.17) is 16.0 Å². The van der Waals surface area contributed by atoms with Gasteiger partial charge in [-0.25, -0.2) is 0 Å². The largest absolute Gasteiger partial charge is 0.420 e. The smallest absolute Gasteiger partial charge is 0.249 e. The van der Waals surface area contributed by atoms with E-state index in [-0.39, 0.29) is 0 Å². The van der Waals surface area contributed by atoms with E-state index in [1.807, 2.05) is 36.4 Å². The average Bonchev–Trinajstić information content (AvgIpc) is 2.96. The summed E-state index contributed by atoms with van der Waals surface area (Å²) < 4.78 is 6.76. The Morgan fingerprint density at radius 1 is 1.05 bits per heavy atom. The maximum atomic E-state index is 6.13. The van der Waals surface area contributed by atoms with Gasteiger partial charge in [0.1, 0.15) is 0 Å². The molecule has 3 nitrogen and oxygen atoms in total. The summed E-state index contributed by atoms with van der Waals surface area (Å²) >= 11 is 11.3. The molecule has 1 heterocycles. The Morgan fingerprint density at radius 2 is 1.91 bits per heavy atom. The van der Waals surface area contributed by atoms with E-state index < -0.39 is 0 Å². The van der Waals surface area contributed by atoms with Crippen LogP contribution in [0.3, 0.4) is 0 Å². The second-order valence-corrected chi connectivity index (χ2v) is 6.91. The highest BCUT2D eigenvalue weighted by Gasteiger charge is 2.11. The molecule has 22 heavy (non-hydrogen) atoms. The van der Waals surface area contributed by atoms with E-state index in [0.717, 1.165) is 15.8 Å². The first-order chi connectivity index (χ1) is 10.7. The number of aromatic nitrogens is 2. The van der Waals surface area contributed by atoms with Gasteiger partial charge >= 0.3 is 0 Å². The van der Waals surface area contributed by atoms with Crippen LogP contribution in [0, 0.1) is 0 Å². The van der Waals surface area contributed by atoms with E-state index in [9.17, 15) is 0 Å². The molecular formula is C16H12BrClN2OS. The Kier molecular flexibility index (Phi) is 5.18. The van der Waals surface area contributed by atoms with Crippen LogP contribution in [0.25, 0.3) is 11.5 Å². The predicted molar refractivity (Wildman–Crippen MR) is 93.9 cm³/mol. The molecule has 0 aliphatic heterocycles. The van der Waals surface area contributed by atoms with Crippen molar-refractivity contribution in [1.82, 2.24) is 10.2 Å². The molecule has 0 fully saturated rings. The van der Waals surface area contributed by atoms with E-state index in [2.05, 4.69) is 38.3 Å². The van der Waals surface area contributed by atoms with Gasteiger partial charge in [-0.3, -0.25) is 0 Å².